The molecule has 0 saturated heterocycles. The van der Waals surface area contributed by atoms with E-state index in [4.69, 9.17) is 22.4 Å². The van der Waals surface area contributed by atoms with Gasteiger partial charge in [0.15, 0.2) is 0 Å². The molecule has 3 rings (SSSR count). The van der Waals surface area contributed by atoms with Crippen LogP contribution in [0.3, 0.4) is 0 Å². The van der Waals surface area contributed by atoms with Gasteiger partial charge < -0.3 is 5.73 Å². The van der Waals surface area contributed by atoms with E-state index in [2.05, 4.69) is 16.9 Å². The van der Waals surface area contributed by atoms with Crippen LogP contribution in [0.15, 0.2) is 35.4 Å². The summed E-state index contributed by atoms with van der Waals surface area (Å²) < 4.78 is 2.14. The zero-order chi connectivity index (χ0) is 14.7. The molecule has 2 N–H and O–H groups in total. The lowest BCUT2D eigenvalue weighted by Gasteiger charge is -2.21. The smallest absolute Gasteiger partial charge is 0.0727 e. The van der Waals surface area contributed by atoms with Crippen LogP contribution in [-0.4, -0.2) is 9.78 Å². The summed E-state index contributed by atoms with van der Waals surface area (Å²) in [4.78, 5) is 0.950. The number of rotatable bonds is 4. The summed E-state index contributed by atoms with van der Waals surface area (Å²) in [6.45, 7) is 0. The molecule has 3 nitrogen and oxygen atoms in total. The number of nitrogens with zero attached hydrogens (tertiary/aromatic N) is 2. The number of nitrogen functional groups attached to an aromatic ring is 1. The molecule has 21 heavy (non-hydrogen) atoms. The second kappa shape index (κ2) is 6.75. The van der Waals surface area contributed by atoms with Crippen molar-refractivity contribution in [3.05, 3.63) is 41.2 Å². The molecule has 2 aromatic rings. The Morgan fingerprint density at radius 3 is 2.81 bits per heavy atom. The normalized spacial score (nSPS) is 16.2. The number of benzene rings is 1. The maximum Gasteiger partial charge on any atom is 0.0727 e. The number of hydrogen-bond acceptors (Lipinski definition) is 3. The number of aromatic nitrogens is 2. The topological polar surface area (TPSA) is 43.8 Å². The van der Waals surface area contributed by atoms with E-state index in [1.165, 1.54) is 32.1 Å². The van der Waals surface area contributed by atoms with Gasteiger partial charge in [0.1, 0.15) is 0 Å². The molecule has 1 aromatic carbocycles. The number of thioether (sulfide) groups is 1. The minimum Gasteiger partial charge on any atom is -0.398 e. The third kappa shape index (κ3) is 3.55. The maximum atomic E-state index is 6.20. The highest BCUT2D eigenvalue weighted by atomic mass is 35.5. The quantitative estimate of drug-likeness (QED) is 0.642. The highest BCUT2D eigenvalue weighted by molar-refractivity contribution is 7.98. The average Bonchev–Trinajstić information content (AvgIpc) is 2.97. The standard InChI is InChI=1S/C16H20ClN3S/c17-14-7-4-8-15(18)16(14)21-11-12-9-10-20(19-12)13-5-2-1-3-6-13/h4,7-10,13H,1-3,5-6,11,18H2. The maximum absolute atomic E-state index is 6.20. The van der Waals surface area contributed by atoms with Crippen molar-refractivity contribution in [3.63, 3.8) is 0 Å². The van der Waals surface area contributed by atoms with Gasteiger partial charge >= 0.3 is 0 Å². The van der Waals surface area contributed by atoms with E-state index in [9.17, 15) is 0 Å². The fourth-order valence-corrected chi connectivity index (χ4v) is 4.06. The Hall–Kier alpha value is -1.13. The summed E-state index contributed by atoms with van der Waals surface area (Å²) in [5.41, 5.74) is 7.80. The molecule has 1 saturated carbocycles. The van der Waals surface area contributed by atoms with Gasteiger partial charge in [-0.25, -0.2) is 0 Å². The van der Waals surface area contributed by atoms with Crippen LogP contribution in [0, 0.1) is 0 Å². The van der Waals surface area contributed by atoms with Crippen LogP contribution in [0.5, 0.6) is 0 Å². The van der Waals surface area contributed by atoms with Crippen LogP contribution in [-0.2, 0) is 5.75 Å². The zero-order valence-electron chi connectivity index (χ0n) is 12.0. The predicted molar refractivity (Wildman–Crippen MR) is 89.8 cm³/mol. The van der Waals surface area contributed by atoms with E-state index in [-0.39, 0.29) is 0 Å². The summed E-state index contributed by atoms with van der Waals surface area (Å²) in [6, 6.07) is 8.33. The number of anilines is 1. The van der Waals surface area contributed by atoms with Crippen molar-refractivity contribution >= 4 is 29.1 Å². The molecule has 1 aliphatic rings. The van der Waals surface area contributed by atoms with Crippen LogP contribution in [0.25, 0.3) is 0 Å². The fraction of sp³-hybridized carbons (Fsp3) is 0.438. The molecule has 0 amide bonds. The van der Waals surface area contributed by atoms with E-state index in [0.29, 0.717) is 11.1 Å². The van der Waals surface area contributed by atoms with Crippen LogP contribution >= 0.6 is 23.4 Å². The van der Waals surface area contributed by atoms with Crippen molar-refractivity contribution in [2.75, 3.05) is 5.73 Å². The monoisotopic (exact) mass is 321 g/mol. The molecular weight excluding hydrogens is 302 g/mol. The SMILES string of the molecule is Nc1cccc(Cl)c1SCc1ccn(C2CCCCC2)n1. The Morgan fingerprint density at radius 2 is 2.05 bits per heavy atom. The third-order valence-corrected chi connectivity index (χ3v) is 5.59. The molecule has 1 aliphatic carbocycles. The van der Waals surface area contributed by atoms with E-state index in [1.807, 2.05) is 18.2 Å². The molecule has 1 heterocycles. The molecular formula is C16H20ClN3S. The lowest BCUT2D eigenvalue weighted by Crippen LogP contribution is -2.13. The first-order valence-electron chi connectivity index (χ1n) is 7.45. The summed E-state index contributed by atoms with van der Waals surface area (Å²) >= 11 is 7.85. The van der Waals surface area contributed by atoms with Gasteiger partial charge in [-0.3, -0.25) is 4.68 Å². The summed E-state index contributed by atoms with van der Waals surface area (Å²) in [5.74, 6) is 0.799. The Kier molecular flexibility index (Phi) is 4.76. The van der Waals surface area contributed by atoms with Gasteiger partial charge in [0.25, 0.3) is 0 Å². The molecule has 0 unspecified atom stereocenters. The van der Waals surface area contributed by atoms with Crippen molar-refractivity contribution in [1.29, 1.82) is 0 Å². The Morgan fingerprint density at radius 1 is 1.24 bits per heavy atom. The van der Waals surface area contributed by atoms with Gasteiger partial charge in [0, 0.05) is 22.5 Å². The summed E-state index contributed by atoms with van der Waals surface area (Å²) in [7, 11) is 0. The molecule has 0 radical (unpaired) electrons. The molecule has 0 aliphatic heterocycles. The second-order valence-electron chi connectivity index (χ2n) is 5.53. The molecule has 1 aromatic heterocycles. The van der Waals surface area contributed by atoms with E-state index in [1.54, 1.807) is 11.8 Å². The zero-order valence-corrected chi connectivity index (χ0v) is 13.5. The van der Waals surface area contributed by atoms with E-state index < -0.39 is 0 Å². The number of hydrogen-bond donors (Lipinski definition) is 1. The second-order valence-corrected chi connectivity index (χ2v) is 6.92. The van der Waals surface area contributed by atoms with Crippen molar-refractivity contribution in [3.8, 4) is 0 Å². The van der Waals surface area contributed by atoms with Crippen molar-refractivity contribution < 1.29 is 0 Å². The van der Waals surface area contributed by atoms with Gasteiger partial charge in [0.2, 0.25) is 0 Å². The first-order valence-corrected chi connectivity index (χ1v) is 8.81. The highest BCUT2D eigenvalue weighted by Crippen LogP contribution is 2.34. The number of halogens is 1. The summed E-state index contributed by atoms with van der Waals surface area (Å²) in [5, 5.41) is 5.43. The molecule has 0 atom stereocenters. The van der Waals surface area contributed by atoms with Crippen LogP contribution in [0.2, 0.25) is 5.02 Å². The van der Waals surface area contributed by atoms with E-state index >= 15 is 0 Å². The number of nitrogens with two attached hydrogens (primary N) is 1. The lowest BCUT2D eigenvalue weighted by atomic mass is 9.96. The largest absolute Gasteiger partial charge is 0.398 e. The average molecular weight is 322 g/mol. The molecule has 1 fully saturated rings. The summed E-state index contributed by atoms with van der Waals surface area (Å²) in [6.07, 6.45) is 8.64. The Balaban J connectivity index is 1.64. The van der Waals surface area contributed by atoms with Crippen molar-refractivity contribution in [2.45, 2.75) is 48.8 Å². The Labute approximate surface area is 134 Å². The Bertz CT molecular complexity index is 585. The van der Waals surface area contributed by atoms with Gasteiger partial charge in [-0.2, -0.15) is 5.10 Å². The molecule has 5 heteroatoms. The molecule has 112 valence electrons. The van der Waals surface area contributed by atoms with Crippen molar-refractivity contribution in [1.82, 2.24) is 9.78 Å². The molecule has 0 bridgehead atoms. The molecule has 0 spiro atoms. The van der Waals surface area contributed by atoms with Crippen LogP contribution in [0.1, 0.15) is 43.8 Å². The minimum absolute atomic E-state index is 0.586. The van der Waals surface area contributed by atoms with Crippen LogP contribution < -0.4 is 5.73 Å². The van der Waals surface area contributed by atoms with Crippen molar-refractivity contribution in [2.24, 2.45) is 0 Å². The van der Waals surface area contributed by atoms with Gasteiger partial charge in [-0.15, -0.1) is 11.8 Å². The third-order valence-electron chi connectivity index (χ3n) is 3.97. The van der Waals surface area contributed by atoms with Crippen LogP contribution in [0.4, 0.5) is 5.69 Å². The fourth-order valence-electron chi connectivity index (χ4n) is 2.83. The first-order chi connectivity index (χ1) is 10.2. The first kappa shape index (κ1) is 14.8. The van der Waals surface area contributed by atoms with Gasteiger partial charge in [-0.05, 0) is 31.0 Å². The lowest BCUT2D eigenvalue weighted by molar-refractivity contribution is 0.328. The van der Waals surface area contributed by atoms with Gasteiger partial charge in [0.05, 0.1) is 16.8 Å². The van der Waals surface area contributed by atoms with E-state index in [0.717, 1.165) is 22.0 Å². The minimum atomic E-state index is 0.586. The van der Waals surface area contributed by atoms with Gasteiger partial charge in [-0.1, -0.05) is 36.9 Å². The highest BCUT2D eigenvalue weighted by Gasteiger charge is 2.16. The predicted octanol–water partition coefficient (Wildman–Crippen LogP) is 4.92.